The molecule has 0 aliphatic rings. The molecule has 0 aliphatic carbocycles. The van der Waals surface area contributed by atoms with E-state index in [9.17, 15) is 18.0 Å². The Bertz CT molecular complexity index is 255. The summed E-state index contributed by atoms with van der Waals surface area (Å²) in [6.07, 6.45) is -3.14. The molecular weight excluding hydrogens is 175 g/mol. The number of amides is 1. The van der Waals surface area contributed by atoms with Crippen LogP contribution in [0.1, 0.15) is 0 Å². The van der Waals surface area contributed by atoms with Gasteiger partial charge in [0.15, 0.2) is 0 Å². The van der Waals surface area contributed by atoms with Crippen LogP contribution in [0.5, 0.6) is 0 Å². The van der Waals surface area contributed by atoms with E-state index < -0.39 is 6.30 Å². The van der Waals surface area contributed by atoms with Crippen molar-refractivity contribution in [1.82, 2.24) is 10.2 Å². The molecular formula is C5H4F3N3O. The summed E-state index contributed by atoms with van der Waals surface area (Å²) in [6.45, 7) is 0. The molecule has 1 heterocycles. The Morgan fingerprint density at radius 3 is 2.58 bits per heavy atom. The summed E-state index contributed by atoms with van der Waals surface area (Å²) < 4.78 is 35.8. The van der Waals surface area contributed by atoms with Crippen LogP contribution in [0.2, 0.25) is 0 Å². The molecule has 0 unspecified atom stereocenters. The van der Waals surface area contributed by atoms with Crippen molar-refractivity contribution in [3.05, 3.63) is 12.4 Å². The maximum absolute atomic E-state index is 11.9. The third-order valence-electron chi connectivity index (χ3n) is 1.14. The van der Waals surface area contributed by atoms with Gasteiger partial charge < -0.3 is 0 Å². The van der Waals surface area contributed by atoms with Crippen LogP contribution in [0.4, 0.5) is 18.9 Å². The van der Waals surface area contributed by atoms with Gasteiger partial charge in [-0.25, -0.2) is 4.90 Å². The fourth-order valence-electron chi connectivity index (χ4n) is 0.643. The fourth-order valence-corrected chi connectivity index (χ4v) is 0.643. The molecule has 1 amide bonds. The van der Waals surface area contributed by atoms with Crippen LogP contribution in [0.15, 0.2) is 12.4 Å². The van der Waals surface area contributed by atoms with Crippen LogP contribution < -0.4 is 4.90 Å². The van der Waals surface area contributed by atoms with Crippen LogP contribution in [0, 0.1) is 0 Å². The summed E-state index contributed by atoms with van der Waals surface area (Å²) in [5.41, 5.74) is -0.336. The highest BCUT2D eigenvalue weighted by atomic mass is 19.4. The zero-order chi connectivity index (χ0) is 9.19. The molecule has 0 aliphatic heterocycles. The van der Waals surface area contributed by atoms with E-state index in [1.165, 1.54) is 0 Å². The Morgan fingerprint density at radius 1 is 1.58 bits per heavy atom. The molecule has 66 valence electrons. The van der Waals surface area contributed by atoms with E-state index in [2.05, 4.69) is 10.2 Å². The summed E-state index contributed by atoms with van der Waals surface area (Å²) in [6, 6.07) is 0. The highest BCUT2D eigenvalue weighted by Crippen LogP contribution is 2.25. The van der Waals surface area contributed by atoms with Crippen molar-refractivity contribution in [2.24, 2.45) is 0 Å². The molecule has 4 nitrogen and oxygen atoms in total. The van der Waals surface area contributed by atoms with Crippen molar-refractivity contribution < 1.29 is 18.0 Å². The first-order chi connectivity index (χ1) is 5.55. The summed E-state index contributed by atoms with van der Waals surface area (Å²) in [5, 5.41) is 5.45. The van der Waals surface area contributed by atoms with E-state index in [-0.39, 0.29) is 17.0 Å². The lowest BCUT2D eigenvalue weighted by Crippen LogP contribution is -2.36. The van der Waals surface area contributed by atoms with Gasteiger partial charge in [0, 0.05) is 6.20 Å². The van der Waals surface area contributed by atoms with Gasteiger partial charge in [-0.05, 0) is 0 Å². The molecule has 0 radical (unpaired) electrons. The zero-order valence-electron chi connectivity index (χ0n) is 5.67. The van der Waals surface area contributed by atoms with Crippen LogP contribution >= 0.6 is 0 Å². The van der Waals surface area contributed by atoms with Gasteiger partial charge in [0.25, 0.3) is 0 Å². The number of carbonyl (C=O) groups is 1. The molecule has 1 rings (SSSR count). The first-order valence-corrected chi connectivity index (χ1v) is 2.86. The fraction of sp³-hybridized carbons (Fsp3) is 0.200. The van der Waals surface area contributed by atoms with Crippen molar-refractivity contribution in [2.75, 3.05) is 4.90 Å². The van der Waals surface area contributed by atoms with Gasteiger partial charge in [-0.2, -0.15) is 5.10 Å². The first kappa shape index (κ1) is 8.57. The molecule has 1 aromatic heterocycles. The van der Waals surface area contributed by atoms with Gasteiger partial charge in [-0.3, -0.25) is 9.89 Å². The predicted molar refractivity (Wildman–Crippen MR) is 33.2 cm³/mol. The second-order valence-corrected chi connectivity index (χ2v) is 1.90. The smallest absolute Gasteiger partial charge is 0.284 e. The van der Waals surface area contributed by atoms with Gasteiger partial charge in [-0.15, -0.1) is 13.2 Å². The lowest BCUT2D eigenvalue weighted by Gasteiger charge is -2.17. The second-order valence-electron chi connectivity index (χ2n) is 1.90. The van der Waals surface area contributed by atoms with Gasteiger partial charge in [-0.1, -0.05) is 0 Å². The molecule has 0 spiro atoms. The van der Waals surface area contributed by atoms with Crippen molar-refractivity contribution >= 4 is 12.1 Å². The van der Waals surface area contributed by atoms with Crippen molar-refractivity contribution in [3.63, 3.8) is 0 Å². The molecule has 0 aromatic carbocycles. The number of aromatic nitrogens is 2. The van der Waals surface area contributed by atoms with E-state index in [4.69, 9.17) is 0 Å². The average molecular weight is 179 g/mol. The number of rotatable bonds is 2. The van der Waals surface area contributed by atoms with Crippen LogP contribution in [-0.2, 0) is 4.79 Å². The standard InChI is InChI=1S/C5H4F3N3O/c6-5(7,8)11(3-12)4-1-9-10-2-4/h1-3H,(H,9,10). The number of nitrogens with one attached hydrogen (secondary N) is 1. The maximum Gasteiger partial charge on any atom is 0.491 e. The number of halogens is 3. The number of aromatic amines is 1. The third kappa shape index (κ3) is 1.55. The molecule has 0 saturated carbocycles. The normalized spacial score (nSPS) is 11.2. The molecule has 7 heteroatoms. The van der Waals surface area contributed by atoms with Crippen molar-refractivity contribution in [2.45, 2.75) is 6.30 Å². The Balaban J connectivity index is 2.91. The summed E-state index contributed by atoms with van der Waals surface area (Å²) in [7, 11) is 0. The van der Waals surface area contributed by atoms with E-state index in [0.29, 0.717) is 0 Å². The van der Waals surface area contributed by atoms with Gasteiger partial charge in [0.2, 0.25) is 6.41 Å². The van der Waals surface area contributed by atoms with E-state index in [1.807, 2.05) is 0 Å². The predicted octanol–water partition coefficient (Wildman–Crippen LogP) is 0.892. The Kier molecular flexibility index (Phi) is 2.03. The number of H-pyrrole nitrogens is 1. The quantitative estimate of drug-likeness (QED) is 0.541. The van der Waals surface area contributed by atoms with E-state index in [0.717, 1.165) is 12.4 Å². The highest BCUT2D eigenvalue weighted by molar-refractivity contribution is 5.74. The highest BCUT2D eigenvalue weighted by Gasteiger charge is 2.37. The number of hydrogen-bond acceptors (Lipinski definition) is 2. The maximum atomic E-state index is 11.9. The van der Waals surface area contributed by atoms with Gasteiger partial charge in [0.1, 0.15) is 0 Å². The lowest BCUT2D eigenvalue weighted by molar-refractivity contribution is -0.141. The number of alkyl halides is 3. The van der Waals surface area contributed by atoms with Crippen molar-refractivity contribution in [1.29, 1.82) is 0 Å². The second kappa shape index (κ2) is 2.84. The molecule has 0 fully saturated rings. The summed E-state index contributed by atoms with van der Waals surface area (Å²) >= 11 is 0. The molecule has 0 bridgehead atoms. The molecule has 12 heavy (non-hydrogen) atoms. The van der Waals surface area contributed by atoms with Crippen molar-refractivity contribution in [3.8, 4) is 0 Å². The third-order valence-corrected chi connectivity index (χ3v) is 1.14. The molecule has 0 atom stereocenters. The topological polar surface area (TPSA) is 49.0 Å². The minimum Gasteiger partial charge on any atom is -0.284 e. The lowest BCUT2D eigenvalue weighted by atomic mass is 10.5. The van der Waals surface area contributed by atoms with Gasteiger partial charge >= 0.3 is 6.30 Å². The van der Waals surface area contributed by atoms with Crippen LogP contribution in [0.3, 0.4) is 0 Å². The summed E-state index contributed by atoms with van der Waals surface area (Å²) in [5.74, 6) is 0. The largest absolute Gasteiger partial charge is 0.491 e. The SMILES string of the molecule is O=CN(c1cn[nH]c1)C(F)(F)F. The number of nitrogens with zero attached hydrogens (tertiary/aromatic N) is 2. The average Bonchev–Trinajstić information content (AvgIpc) is 2.38. The van der Waals surface area contributed by atoms with Crippen LogP contribution in [-0.4, -0.2) is 22.9 Å². The number of carbonyl (C=O) groups excluding carboxylic acids is 1. The number of hydrogen-bond donors (Lipinski definition) is 1. The van der Waals surface area contributed by atoms with E-state index in [1.54, 1.807) is 0 Å². The summed E-state index contributed by atoms with van der Waals surface area (Å²) in [4.78, 5) is 9.64. The van der Waals surface area contributed by atoms with E-state index >= 15 is 0 Å². The zero-order valence-corrected chi connectivity index (χ0v) is 5.67. The minimum absolute atomic E-state index is 0.315. The minimum atomic E-state index is -4.70. The first-order valence-electron chi connectivity index (χ1n) is 2.86. The monoisotopic (exact) mass is 179 g/mol. The Hall–Kier alpha value is -1.53. The Labute approximate surface area is 65.0 Å². The van der Waals surface area contributed by atoms with Gasteiger partial charge in [0.05, 0.1) is 11.9 Å². The molecule has 1 aromatic rings. The number of anilines is 1. The molecule has 1 N–H and O–H groups in total. The molecule has 0 saturated heterocycles. The Morgan fingerprint density at radius 2 is 2.25 bits per heavy atom. The van der Waals surface area contributed by atoms with Crippen LogP contribution in [0.25, 0.3) is 0 Å².